The topological polar surface area (TPSA) is 26.3 Å². The van der Waals surface area contributed by atoms with E-state index in [1.807, 2.05) is 6.07 Å². The van der Waals surface area contributed by atoms with Gasteiger partial charge in [-0.2, -0.15) is 0 Å². The average Bonchev–Trinajstić information content (AvgIpc) is 2.51. The zero-order valence-corrected chi connectivity index (χ0v) is 18.6. The minimum atomic E-state index is -1.94. The molecule has 0 unspecified atom stereocenters. The molecule has 2 nitrogen and oxygen atoms in total. The lowest BCUT2D eigenvalue weighted by Gasteiger charge is -2.42. The van der Waals surface area contributed by atoms with Crippen molar-refractivity contribution in [1.82, 2.24) is 0 Å². The number of rotatable bonds is 8. The van der Waals surface area contributed by atoms with Gasteiger partial charge in [0, 0.05) is 0 Å². The van der Waals surface area contributed by atoms with E-state index in [1.54, 1.807) is 6.08 Å². The highest BCUT2D eigenvalue weighted by atomic mass is 28.4. The van der Waals surface area contributed by atoms with Crippen LogP contribution in [0.2, 0.25) is 31.2 Å². The third-order valence-electron chi connectivity index (χ3n) is 5.77. The summed E-state index contributed by atoms with van der Waals surface area (Å²) in [4.78, 5) is 12.3. The lowest BCUT2D eigenvalue weighted by Crippen LogP contribution is -2.46. The molecule has 0 aliphatic rings. The van der Waals surface area contributed by atoms with E-state index in [-0.39, 0.29) is 17.4 Å². The van der Waals surface area contributed by atoms with Crippen LogP contribution in [0.25, 0.3) is 0 Å². The predicted molar refractivity (Wildman–Crippen MR) is 110 cm³/mol. The van der Waals surface area contributed by atoms with Crippen LogP contribution in [0.3, 0.4) is 0 Å². The zero-order chi connectivity index (χ0) is 18.6. The standard InChI is InChI=1S/C20H34O2Si2/c1-17(2)20(3,4)24(7,8)22-16-18(21)14-15-23(5,6)19-12-10-9-11-13-19/h9-15,17H,16H2,1-8H3/b15-14+. The molecule has 0 aliphatic heterocycles. The molecule has 0 atom stereocenters. The molecular formula is C20H34O2Si2. The van der Waals surface area contributed by atoms with Crippen molar-refractivity contribution in [2.24, 2.45) is 5.92 Å². The molecule has 0 radical (unpaired) electrons. The van der Waals surface area contributed by atoms with E-state index in [0.717, 1.165) is 0 Å². The minimum absolute atomic E-state index is 0.0756. The van der Waals surface area contributed by atoms with Crippen LogP contribution in [0.15, 0.2) is 42.1 Å². The van der Waals surface area contributed by atoms with Gasteiger partial charge in [-0.1, -0.05) is 82.0 Å². The van der Waals surface area contributed by atoms with Gasteiger partial charge in [-0.05, 0) is 30.1 Å². The Hall–Kier alpha value is -0.976. The van der Waals surface area contributed by atoms with Gasteiger partial charge in [0.2, 0.25) is 0 Å². The van der Waals surface area contributed by atoms with E-state index in [4.69, 9.17) is 4.43 Å². The fraction of sp³-hybridized carbons (Fsp3) is 0.550. The lowest BCUT2D eigenvalue weighted by atomic mass is 9.99. The highest BCUT2D eigenvalue weighted by Gasteiger charge is 2.43. The Bertz CT molecular complexity index is 573. The zero-order valence-electron chi connectivity index (χ0n) is 16.6. The van der Waals surface area contributed by atoms with Gasteiger partial charge in [-0.3, -0.25) is 4.79 Å². The first kappa shape index (κ1) is 21.1. The minimum Gasteiger partial charge on any atom is -0.409 e. The largest absolute Gasteiger partial charge is 0.409 e. The van der Waals surface area contributed by atoms with Crippen LogP contribution in [0, 0.1) is 5.92 Å². The molecule has 1 rings (SSSR count). The van der Waals surface area contributed by atoms with Crippen molar-refractivity contribution in [1.29, 1.82) is 0 Å². The third-order valence-corrected chi connectivity index (χ3v) is 13.1. The summed E-state index contributed by atoms with van der Waals surface area (Å²) < 4.78 is 6.14. The Labute approximate surface area is 150 Å². The van der Waals surface area contributed by atoms with E-state index in [2.05, 4.69) is 83.8 Å². The van der Waals surface area contributed by atoms with Crippen LogP contribution in [0.1, 0.15) is 27.7 Å². The number of ketones is 1. The number of carbonyl (C=O) groups is 1. The molecule has 1 aromatic rings. The summed E-state index contributed by atoms with van der Waals surface area (Å²) in [7, 11) is -3.66. The second-order valence-electron chi connectivity index (χ2n) is 8.56. The van der Waals surface area contributed by atoms with Crippen molar-refractivity contribution in [2.45, 2.75) is 58.9 Å². The van der Waals surface area contributed by atoms with Crippen molar-refractivity contribution in [2.75, 3.05) is 6.61 Å². The van der Waals surface area contributed by atoms with Gasteiger partial charge < -0.3 is 4.43 Å². The van der Waals surface area contributed by atoms with Crippen LogP contribution in [-0.2, 0) is 9.22 Å². The summed E-state index contributed by atoms with van der Waals surface area (Å²) in [5, 5.41) is 1.47. The van der Waals surface area contributed by atoms with Gasteiger partial charge in [-0.15, -0.1) is 0 Å². The van der Waals surface area contributed by atoms with Crippen molar-refractivity contribution in [3.8, 4) is 0 Å². The molecule has 0 fully saturated rings. The van der Waals surface area contributed by atoms with E-state index in [1.165, 1.54) is 5.19 Å². The first-order valence-electron chi connectivity index (χ1n) is 8.82. The monoisotopic (exact) mass is 362 g/mol. The summed E-state index contributed by atoms with van der Waals surface area (Å²) in [6, 6.07) is 10.5. The summed E-state index contributed by atoms with van der Waals surface area (Å²) >= 11 is 0. The van der Waals surface area contributed by atoms with Crippen LogP contribution >= 0.6 is 0 Å². The van der Waals surface area contributed by atoms with E-state index >= 15 is 0 Å². The molecule has 0 saturated heterocycles. The lowest BCUT2D eigenvalue weighted by molar-refractivity contribution is -0.116. The van der Waals surface area contributed by atoms with Gasteiger partial charge in [-0.25, -0.2) is 0 Å². The highest BCUT2D eigenvalue weighted by Crippen LogP contribution is 2.44. The van der Waals surface area contributed by atoms with Crippen LogP contribution in [-0.4, -0.2) is 28.8 Å². The normalized spacial score (nSPS) is 13.7. The predicted octanol–water partition coefficient (Wildman–Crippen LogP) is 4.92. The van der Waals surface area contributed by atoms with Crippen molar-refractivity contribution in [3.05, 3.63) is 42.1 Å². The number of hydrogen-bond acceptors (Lipinski definition) is 2. The fourth-order valence-corrected chi connectivity index (χ4v) is 6.56. The second kappa shape index (κ2) is 7.94. The van der Waals surface area contributed by atoms with Gasteiger partial charge in [0.05, 0.1) is 6.61 Å². The molecule has 0 aliphatic carbocycles. The van der Waals surface area contributed by atoms with E-state index < -0.39 is 16.4 Å². The van der Waals surface area contributed by atoms with Crippen molar-refractivity contribution >= 4 is 27.4 Å². The van der Waals surface area contributed by atoms with E-state index in [9.17, 15) is 4.79 Å². The molecule has 0 N–H and O–H groups in total. The molecule has 0 bridgehead atoms. The molecule has 0 spiro atoms. The molecule has 4 heteroatoms. The smallest absolute Gasteiger partial charge is 0.193 e. The molecule has 0 amide bonds. The number of carbonyl (C=O) groups excluding carboxylic acids is 1. The Morgan fingerprint density at radius 3 is 2.17 bits per heavy atom. The molecular weight excluding hydrogens is 328 g/mol. The summed E-state index contributed by atoms with van der Waals surface area (Å²) in [6.45, 7) is 18.1. The van der Waals surface area contributed by atoms with Crippen LogP contribution in [0.4, 0.5) is 0 Å². The maximum Gasteiger partial charge on any atom is 0.193 e. The third kappa shape index (κ3) is 5.26. The summed E-state index contributed by atoms with van der Waals surface area (Å²) in [5.41, 5.74) is 2.12. The second-order valence-corrected chi connectivity index (χ2v) is 17.5. The van der Waals surface area contributed by atoms with Crippen LogP contribution in [0.5, 0.6) is 0 Å². The SMILES string of the molecule is CC(C)C(C)(C)[Si](C)(C)OCC(=O)/C=C/[Si](C)(C)c1ccccc1. The van der Waals surface area contributed by atoms with E-state index in [0.29, 0.717) is 5.92 Å². The molecule has 134 valence electrons. The van der Waals surface area contributed by atoms with Gasteiger partial charge in [0.25, 0.3) is 0 Å². The molecule has 0 heterocycles. The van der Waals surface area contributed by atoms with Gasteiger partial charge >= 0.3 is 0 Å². The fourth-order valence-electron chi connectivity index (χ4n) is 2.45. The van der Waals surface area contributed by atoms with Crippen molar-refractivity contribution in [3.63, 3.8) is 0 Å². The number of benzene rings is 1. The maximum absolute atomic E-state index is 12.3. The Morgan fingerprint density at radius 2 is 1.67 bits per heavy atom. The van der Waals surface area contributed by atoms with Crippen molar-refractivity contribution < 1.29 is 9.22 Å². The molecule has 0 saturated carbocycles. The van der Waals surface area contributed by atoms with Gasteiger partial charge in [0.15, 0.2) is 14.1 Å². The summed E-state index contributed by atoms with van der Waals surface area (Å²) in [6.07, 6.45) is 1.74. The first-order valence-corrected chi connectivity index (χ1v) is 14.8. The van der Waals surface area contributed by atoms with Crippen LogP contribution < -0.4 is 5.19 Å². The molecule has 1 aromatic carbocycles. The quantitative estimate of drug-likeness (QED) is 0.484. The molecule has 0 aromatic heterocycles. The Kier molecular flexibility index (Phi) is 6.97. The summed E-state index contributed by atoms with van der Waals surface area (Å²) in [5.74, 6) is 0.612. The maximum atomic E-state index is 12.3. The highest BCUT2D eigenvalue weighted by molar-refractivity contribution is 6.94. The Balaban J connectivity index is 2.70. The molecule has 24 heavy (non-hydrogen) atoms. The average molecular weight is 363 g/mol. The number of hydrogen-bond donors (Lipinski definition) is 0. The Morgan fingerprint density at radius 1 is 1.12 bits per heavy atom. The first-order chi connectivity index (χ1) is 10.9. The van der Waals surface area contributed by atoms with Gasteiger partial charge in [0.1, 0.15) is 8.07 Å².